The molecule has 1 aliphatic rings. The Kier molecular flexibility index (Phi) is 5.95. The van der Waals surface area contributed by atoms with Crippen molar-refractivity contribution < 1.29 is 20.0 Å². The SMILES string of the molecule is C#C/C=C\C1=C(/C)COO[C@H](CO)[C@@H](O)CC1. The normalized spacial score (nSPS) is 31.6. The van der Waals surface area contributed by atoms with E-state index in [1.807, 2.05) is 13.0 Å². The highest BCUT2D eigenvalue weighted by molar-refractivity contribution is 5.29. The second-order valence-corrected chi connectivity index (χ2v) is 3.99. The lowest BCUT2D eigenvalue weighted by atomic mass is 10.00. The fraction of sp³-hybridized carbons (Fsp3) is 0.538. The van der Waals surface area contributed by atoms with Crippen LogP contribution in [0.15, 0.2) is 23.3 Å². The van der Waals surface area contributed by atoms with Crippen LogP contribution < -0.4 is 0 Å². The van der Waals surface area contributed by atoms with Gasteiger partial charge in [0.05, 0.1) is 12.7 Å². The van der Waals surface area contributed by atoms with Gasteiger partial charge in [0, 0.05) is 0 Å². The molecule has 0 bridgehead atoms. The van der Waals surface area contributed by atoms with Crippen molar-refractivity contribution >= 4 is 0 Å². The zero-order valence-corrected chi connectivity index (χ0v) is 9.93. The van der Waals surface area contributed by atoms with Crippen molar-refractivity contribution in [3.63, 3.8) is 0 Å². The molecule has 1 heterocycles. The van der Waals surface area contributed by atoms with E-state index in [0.29, 0.717) is 19.4 Å². The molecule has 2 N–H and O–H groups in total. The van der Waals surface area contributed by atoms with Gasteiger partial charge < -0.3 is 10.2 Å². The summed E-state index contributed by atoms with van der Waals surface area (Å²) in [6.45, 7) is 1.95. The molecule has 0 aromatic heterocycles. The van der Waals surface area contributed by atoms with Gasteiger partial charge in [-0.2, -0.15) is 0 Å². The average Bonchev–Trinajstić information content (AvgIpc) is 2.39. The Balaban J connectivity index is 2.76. The molecule has 0 unspecified atom stereocenters. The molecule has 0 aliphatic carbocycles. The molecule has 0 amide bonds. The van der Waals surface area contributed by atoms with E-state index in [0.717, 1.165) is 11.1 Å². The second-order valence-electron chi connectivity index (χ2n) is 3.99. The summed E-state index contributed by atoms with van der Waals surface area (Å²) in [5.41, 5.74) is 2.03. The second kappa shape index (κ2) is 7.25. The highest BCUT2D eigenvalue weighted by atomic mass is 17.2. The van der Waals surface area contributed by atoms with Crippen LogP contribution >= 0.6 is 0 Å². The van der Waals surface area contributed by atoms with Gasteiger partial charge in [-0.25, -0.2) is 9.78 Å². The number of terminal acetylenes is 1. The van der Waals surface area contributed by atoms with Crippen LogP contribution in [0.25, 0.3) is 0 Å². The molecular weight excluding hydrogens is 220 g/mol. The highest BCUT2D eigenvalue weighted by Crippen LogP contribution is 2.19. The molecule has 0 spiro atoms. The van der Waals surface area contributed by atoms with Crippen molar-refractivity contribution in [2.45, 2.75) is 32.0 Å². The van der Waals surface area contributed by atoms with Gasteiger partial charge >= 0.3 is 0 Å². The van der Waals surface area contributed by atoms with Crippen molar-refractivity contribution in [1.29, 1.82) is 0 Å². The topological polar surface area (TPSA) is 58.9 Å². The summed E-state index contributed by atoms with van der Waals surface area (Å²) in [6, 6.07) is 0. The van der Waals surface area contributed by atoms with Gasteiger partial charge in [-0.15, -0.1) is 6.42 Å². The average molecular weight is 238 g/mol. The van der Waals surface area contributed by atoms with E-state index in [9.17, 15) is 5.11 Å². The zero-order chi connectivity index (χ0) is 12.7. The standard InChI is InChI=1S/C13H18O4/c1-3-4-5-11-6-7-12(15)13(8-14)17-16-9-10(11)2/h1,4-5,12-15H,6-9H2,2H3/b5-4-,11-10-/t12-,13+/m0/s1. The Hall–Kier alpha value is -1.12. The quantitative estimate of drug-likeness (QED) is 0.555. The predicted octanol–water partition coefficient (Wildman–Crippen LogP) is 0.956. The van der Waals surface area contributed by atoms with Crippen molar-refractivity contribution in [2.24, 2.45) is 0 Å². The summed E-state index contributed by atoms with van der Waals surface area (Å²) in [5.74, 6) is 2.43. The minimum Gasteiger partial charge on any atom is -0.393 e. The largest absolute Gasteiger partial charge is 0.393 e. The van der Waals surface area contributed by atoms with E-state index >= 15 is 0 Å². The van der Waals surface area contributed by atoms with Crippen LogP contribution in [-0.4, -0.2) is 35.6 Å². The van der Waals surface area contributed by atoms with Gasteiger partial charge in [-0.05, 0) is 37.0 Å². The van der Waals surface area contributed by atoms with Crippen LogP contribution in [0.2, 0.25) is 0 Å². The number of hydrogen-bond acceptors (Lipinski definition) is 4. The number of aliphatic hydroxyl groups is 2. The monoisotopic (exact) mass is 238 g/mol. The molecule has 0 fully saturated rings. The molecule has 1 rings (SSSR count). The first-order valence-corrected chi connectivity index (χ1v) is 5.57. The highest BCUT2D eigenvalue weighted by Gasteiger charge is 2.22. The van der Waals surface area contributed by atoms with E-state index in [2.05, 4.69) is 5.92 Å². The van der Waals surface area contributed by atoms with Gasteiger partial charge in [0.1, 0.15) is 12.7 Å². The minimum absolute atomic E-state index is 0.268. The number of aliphatic hydroxyl groups excluding tert-OH is 2. The van der Waals surface area contributed by atoms with Gasteiger partial charge in [-0.1, -0.05) is 12.0 Å². The fourth-order valence-corrected chi connectivity index (χ4v) is 1.60. The van der Waals surface area contributed by atoms with Crippen molar-refractivity contribution in [3.05, 3.63) is 23.3 Å². The summed E-state index contributed by atoms with van der Waals surface area (Å²) in [6.07, 6.45) is 8.35. The van der Waals surface area contributed by atoms with Crippen LogP contribution in [-0.2, 0) is 9.78 Å². The summed E-state index contributed by atoms with van der Waals surface area (Å²) in [7, 11) is 0. The number of allylic oxidation sites excluding steroid dienone is 3. The first-order valence-electron chi connectivity index (χ1n) is 5.57. The minimum atomic E-state index is -0.750. The van der Waals surface area contributed by atoms with E-state index in [-0.39, 0.29) is 6.61 Å². The van der Waals surface area contributed by atoms with Crippen LogP contribution in [0.3, 0.4) is 0 Å². The molecule has 4 nitrogen and oxygen atoms in total. The molecule has 0 saturated carbocycles. The Bertz CT molecular complexity index is 338. The third-order valence-corrected chi connectivity index (χ3v) is 2.71. The molecule has 17 heavy (non-hydrogen) atoms. The Morgan fingerprint density at radius 2 is 2.35 bits per heavy atom. The van der Waals surface area contributed by atoms with Gasteiger partial charge in [0.2, 0.25) is 0 Å². The first-order chi connectivity index (χ1) is 8.19. The summed E-state index contributed by atoms with van der Waals surface area (Å²) < 4.78 is 0. The zero-order valence-electron chi connectivity index (χ0n) is 9.93. The van der Waals surface area contributed by atoms with Crippen molar-refractivity contribution in [2.75, 3.05) is 13.2 Å². The van der Waals surface area contributed by atoms with Crippen LogP contribution in [0.4, 0.5) is 0 Å². The Morgan fingerprint density at radius 1 is 1.59 bits per heavy atom. The third kappa shape index (κ3) is 4.33. The Morgan fingerprint density at radius 3 is 3.00 bits per heavy atom. The van der Waals surface area contributed by atoms with Gasteiger partial charge in [0.25, 0.3) is 0 Å². The first kappa shape index (κ1) is 13.9. The fourth-order valence-electron chi connectivity index (χ4n) is 1.60. The number of hydrogen-bond donors (Lipinski definition) is 2. The maximum Gasteiger partial charge on any atom is 0.142 e. The van der Waals surface area contributed by atoms with E-state index in [1.165, 1.54) is 0 Å². The number of rotatable bonds is 2. The molecule has 0 saturated heterocycles. The predicted molar refractivity (Wildman–Crippen MR) is 63.8 cm³/mol. The van der Waals surface area contributed by atoms with Crippen LogP contribution in [0.5, 0.6) is 0 Å². The molecule has 1 aliphatic heterocycles. The van der Waals surface area contributed by atoms with E-state index in [4.69, 9.17) is 21.3 Å². The molecule has 0 radical (unpaired) electrons. The molecule has 4 heteroatoms. The lowest BCUT2D eigenvalue weighted by Crippen LogP contribution is -2.32. The summed E-state index contributed by atoms with van der Waals surface area (Å²) >= 11 is 0. The van der Waals surface area contributed by atoms with E-state index < -0.39 is 12.2 Å². The third-order valence-electron chi connectivity index (χ3n) is 2.71. The lowest BCUT2D eigenvalue weighted by molar-refractivity contribution is -0.337. The van der Waals surface area contributed by atoms with E-state index in [1.54, 1.807) is 6.08 Å². The smallest absolute Gasteiger partial charge is 0.142 e. The molecule has 94 valence electrons. The molecular formula is C13H18O4. The maximum atomic E-state index is 9.78. The molecule has 0 aromatic rings. The van der Waals surface area contributed by atoms with Crippen molar-refractivity contribution in [3.8, 4) is 12.3 Å². The Labute approximate surface area is 101 Å². The molecule has 2 atom stereocenters. The van der Waals surface area contributed by atoms with Crippen LogP contribution in [0, 0.1) is 12.3 Å². The summed E-state index contributed by atoms with van der Waals surface area (Å²) in [4.78, 5) is 9.94. The van der Waals surface area contributed by atoms with Gasteiger partial charge in [-0.3, -0.25) is 0 Å². The van der Waals surface area contributed by atoms with Crippen LogP contribution in [0.1, 0.15) is 19.8 Å². The maximum absolute atomic E-state index is 9.78. The van der Waals surface area contributed by atoms with Crippen molar-refractivity contribution in [1.82, 2.24) is 0 Å². The summed E-state index contributed by atoms with van der Waals surface area (Å²) in [5, 5.41) is 18.8. The van der Waals surface area contributed by atoms with Gasteiger partial charge in [0.15, 0.2) is 0 Å². The molecule has 0 aromatic carbocycles. The lowest BCUT2D eigenvalue weighted by Gasteiger charge is -2.18.